The van der Waals surface area contributed by atoms with Gasteiger partial charge in [-0.25, -0.2) is 4.79 Å². The number of esters is 1. The molecule has 6 nitrogen and oxygen atoms in total. The lowest BCUT2D eigenvalue weighted by Crippen LogP contribution is -2.32. The fraction of sp³-hybridized carbons (Fsp3) is 0.320. The number of benzene rings is 2. The smallest absolute Gasteiger partial charge is 0.339 e. The highest BCUT2D eigenvalue weighted by Gasteiger charge is 2.26. The van der Waals surface area contributed by atoms with Crippen molar-refractivity contribution < 1.29 is 14.3 Å². The summed E-state index contributed by atoms with van der Waals surface area (Å²) in [5.74, 6) is -0.841. The van der Waals surface area contributed by atoms with Gasteiger partial charge in [-0.05, 0) is 38.1 Å². The van der Waals surface area contributed by atoms with Gasteiger partial charge < -0.3 is 10.1 Å². The number of nitrogens with zero attached hydrogens (tertiary/aromatic N) is 2. The van der Waals surface area contributed by atoms with Crippen LogP contribution in [0.4, 0.5) is 5.69 Å². The molecule has 0 bridgehead atoms. The van der Waals surface area contributed by atoms with E-state index in [1.54, 1.807) is 0 Å². The minimum atomic E-state index is -0.483. The van der Waals surface area contributed by atoms with E-state index in [4.69, 9.17) is 9.72 Å². The van der Waals surface area contributed by atoms with Crippen molar-refractivity contribution in [1.82, 2.24) is 9.88 Å². The lowest BCUT2D eigenvalue weighted by atomic mass is 9.96. The van der Waals surface area contributed by atoms with E-state index in [9.17, 15) is 9.59 Å². The topological polar surface area (TPSA) is 71.5 Å². The Morgan fingerprint density at radius 1 is 1.16 bits per heavy atom. The highest BCUT2D eigenvalue weighted by molar-refractivity contribution is 6.06. The standard InChI is InChI=1S/C25H27N3O3/c1-4-28-12-11-22-19(14-28)24(18-7-5-6-8-21(18)26-22)25(30)31-15-23(29)27-20-10-9-16(2)13-17(20)3/h5-10,13H,4,11-12,14-15H2,1-3H3,(H,27,29). The molecule has 0 unspecified atom stereocenters. The molecule has 2 heterocycles. The summed E-state index contributed by atoms with van der Waals surface area (Å²) in [7, 11) is 0. The summed E-state index contributed by atoms with van der Waals surface area (Å²) < 4.78 is 5.47. The summed E-state index contributed by atoms with van der Waals surface area (Å²) >= 11 is 0. The van der Waals surface area contributed by atoms with E-state index < -0.39 is 5.97 Å². The van der Waals surface area contributed by atoms with Crippen molar-refractivity contribution in [3.8, 4) is 0 Å². The molecule has 0 radical (unpaired) electrons. The molecule has 0 aliphatic carbocycles. The number of hydrogen-bond donors (Lipinski definition) is 1. The molecule has 31 heavy (non-hydrogen) atoms. The second-order valence-corrected chi connectivity index (χ2v) is 7.99. The summed E-state index contributed by atoms with van der Waals surface area (Å²) in [5, 5.41) is 3.59. The number of nitrogens with one attached hydrogen (secondary N) is 1. The molecular weight excluding hydrogens is 390 g/mol. The third kappa shape index (κ3) is 4.44. The highest BCUT2D eigenvalue weighted by Crippen LogP contribution is 2.28. The predicted molar refractivity (Wildman–Crippen MR) is 121 cm³/mol. The van der Waals surface area contributed by atoms with Crippen molar-refractivity contribution in [2.24, 2.45) is 0 Å². The molecule has 1 aliphatic heterocycles. The molecule has 0 spiro atoms. The van der Waals surface area contributed by atoms with Crippen LogP contribution in [0.2, 0.25) is 0 Å². The zero-order chi connectivity index (χ0) is 22.0. The van der Waals surface area contributed by atoms with Gasteiger partial charge in [0.05, 0.1) is 11.1 Å². The van der Waals surface area contributed by atoms with Crippen molar-refractivity contribution in [2.45, 2.75) is 33.7 Å². The van der Waals surface area contributed by atoms with Crippen LogP contribution in [0.1, 0.15) is 39.7 Å². The number of anilines is 1. The van der Waals surface area contributed by atoms with Gasteiger partial charge >= 0.3 is 5.97 Å². The number of likely N-dealkylation sites (N-methyl/N-ethyl adjacent to an activating group) is 1. The van der Waals surface area contributed by atoms with Crippen molar-refractivity contribution in [1.29, 1.82) is 0 Å². The summed E-state index contributed by atoms with van der Waals surface area (Å²) in [6.45, 7) is 8.18. The van der Waals surface area contributed by atoms with Gasteiger partial charge in [0.25, 0.3) is 5.91 Å². The van der Waals surface area contributed by atoms with Gasteiger partial charge in [-0.2, -0.15) is 0 Å². The van der Waals surface area contributed by atoms with E-state index in [2.05, 4.69) is 17.1 Å². The first-order valence-corrected chi connectivity index (χ1v) is 10.6. The zero-order valence-electron chi connectivity index (χ0n) is 18.2. The Bertz CT molecular complexity index is 1160. The Hall–Kier alpha value is -3.25. The Morgan fingerprint density at radius 2 is 1.97 bits per heavy atom. The molecule has 0 fully saturated rings. The summed E-state index contributed by atoms with van der Waals surface area (Å²) in [6, 6.07) is 13.4. The normalized spacial score (nSPS) is 13.6. The van der Waals surface area contributed by atoms with Crippen LogP contribution in [-0.2, 0) is 22.5 Å². The number of aromatic nitrogens is 1. The van der Waals surface area contributed by atoms with E-state index in [1.807, 2.05) is 56.3 Å². The van der Waals surface area contributed by atoms with Gasteiger partial charge in [0.15, 0.2) is 6.61 Å². The Labute approximate surface area is 182 Å². The predicted octanol–water partition coefficient (Wildman–Crippen LogP) is 4.03. The first-order valence-electron chi connectivity index (χ1n) is 10.6. The number of pyridine rings is 1. The average molecular weight is 418 g/mol. The van der Waals surface area contributed by atoms with Crippen LogP contribution in [0.3, 0.4) is 0 Å². The third-order valence-electron chi connectivity index (χ3n) is 5.77. The van der Waals surface area contributed by atoms with Gasteiger partial charge in [0.2, 0.25) is 0 Å². The van der Waals surface area contributed by atoms with Crippen LogP contribution in [0.15, 0.2) is 42.5 Å². The molecule has 4 rings (SSSR count). The lowest BCUT2D eigenvalue weighted by molar-refractivity contribution is -0.119. The second-order valence-electron chi connectivity index (χ2n) is 7.99. The number of hydrogen-bond acceptors (Lipinski definition) is 5. The van der Waals surface area contributed by atoms with Crippen molar-refractivity contribution in [3.63, 3.8) is 0 Å². The number of ether oxygens (including phenoxy) is 1. The fourth-order valence-electron chi connectivity index (χ4n) is 4.09. The monoisotopic (exact) mass is 417 g/mol. The number of carbonyl (C=O) groups excluding carboxylic acids is 2. The zero-order valence-corrected chi connectivity index (χ0v) is 18.2. The minimum Gasteiger partial charge on any atom is -0.452 e. The minimum absolute atomic E-state index is 0.338. The van der Waals surface area contributed by atoms with Crippen LogP contribution < -0.4 is 5.32 Å². The van der Waals surface area contributed by atoms with Crippen molar-refractivity contribution >= 4 is 28.5 Å². The third-order valence-corrected chi connectivity index (χ3v) is 5.77. The lowest BCUT2D eigenvalue weighted by Gasteiger charge is -2.28. The van der Waals surface area contributed by atoms with Crippen molar-refractivity contribution in [2.75, 3.05) is 25.0 Å². The molecule has 1 N–H and O–H groups in total. The highest BCUT2D eigenvalue weighted by atomic mass is 16.5. The first-order chi connectivity index (χ1) is 15.0. The van der Waals surface area contributed by atoms with Crippen LogP contribution in [0.5, 0.6) is 0 Å². The number of rotatable bonds is 5. The molecule has 1 aliphatic rings. The van der Waals surface area contributed by atoms with E-state index in [-0.39, 0.29) is 12.5 Å². The molecule has 1 amide bonds. The Morgan fingerprint density at radius 3 is 2.74 bits per heavy atom. The molecule has 2 aromatic carbocycles. The number of amides is 1. The molecule has 1 aromatic heterocycles. The van der Waals surface area contributed by atoms with Gasteiger partial charge in [0.1, 0.15) is 0 Å². The molecule has 0 saturated heterocycles. The Kier molecular flexibility index (Phi) is 6.00. The molecule has 0 atom stereocenters. The molecular formula is C25H27N3O3. The molecule has 0 saturated carbocycles. The molecule has 6 heteroatoms. The van der Waals surface area contributed by atoms with Crippen LogP contribution in [-0.4, -0.2) is 41.5 Å². The van der Waals surface area contributed by atoms with Crippen LogP contribution in [0, 0.1) is 13.8 Å². The Balaban J connectivity index is 1.56. The summed E-state index contributed by atoms with van der Waals surface area (Å²) in [5.41, 5.74) is 5.96. The van der Waals surface area contributed by atoms with Crippen LogP contribution in [0.25, 0.3) is 10.9 Å². The maximum Gasteiger partial charge on any atom is 0.339 e. The van der Waals surface area contributed by atoms with Crippen LogP contribution >= 0.6 is 0 Å². The maximum atomic E-state index is 13.1. The first kappa shape index (κ1) is 21.0. The van der Waals surface area contributed by atoms with Gasteiger partial charge in [-0.15, -0.1) is 0 Å². The molecule has 160 valence electrons. The van der Waals surface area contributed by atoms with E-state index in [1.165, 1.54) is 0 Å². The molecule has 3 aromatic rings. The fourth-order valence-corrected chi connectivity index (χ4v) is 4.09. The van der Waals surface area contributed by atoms with Crippen molar-refractivity contribution in [3.05, 3.63) is 70.4 Å². The maximum absolute atomic E-state index is 13.1. The van der Waals surface area contributed by atoms with E-state index in [0.717, 1.165) is 58.5 Å². The van der Waals surface area contributed by atoms with Gasteiger partial charge in [-0.3, -0.25) is 14.7 Å². The number of aryl methyl sites for hydroxylation is 2. The number of carbonyl (C=O) groups is 2. The van der Waals surface area contributed by atoms with E-state index >= 15 is 0 Å². The van der Waals surface area contributed by atoms with E-state index in [0.29, 0.717) is 12.1 Å². The summed E-state index contributed by atoms with van der Waals surface area (Å²) in [4.78, 5) is 32.6. The number of para-hydroxylation sites is 1. The second kappa shape index (κ2) is 8.86. The van der Waals surface area contributed by atoms with Gasteiger partial charge in [0, 0.05) is 41.8 Å². The SMILES string of the molecule is CCN1CCc2nc3ccccc3c(C(=O)OCC(=O)Nc3ccc(C)cc3C)c2C1. The largest absolute Gasteiger partial charge is 0.452 e. The number of fused-ring (bicyclic) bond motifs is 2. The quantitative estimate of drug-likeness (QED) is 0.635. The average Bonchev–Trinajstić information content (AvgIpc) is 2.77. The summed E-state index contributed by atoms with van der Waals surface area (Å²) in [6.07, 6.45) is 0.793. The van der Waals surface area contributed by atoms with Gasteiger partial charge in [-0.1, -0.05) is 42.8 Å².